The number of rotatable bonds is 6. The van der Waals surface area contributed by atoms with Gasteiger partial charge in [-0.05, 0) is 13.3 Å². The summed E-state index contributed by atoms with van der Waals surface area (Å²) in [7, 11) is 0. The number of nitrogens with zero attached hydrogens (tertiary/aromatic N) is 1. The fraction of sp³-hybridized carbons (Fsp3) is 0.818. The van der Waals surface area contributed by atoms with Crippen molar-refractivity contribution in [1.29, 1.82) is 0 Å². The highest BCUT2D eigenvalue weighted by Crippen LogP contribution is 2.05. The van der Waals surface area contributed by atoms with Crippen molar-refractivity contribution in [3.05, 3.63) is 0 Å². The van der Waals surface area contributed by atoms with Gasteiger partial charge in [-0.3, -0.25) is 4.90 Å². The van der Waals surface area contributed by atoms with E-state index in [0.29, 0.717) is 24.7 Å². The molecule has 0 aromatic rings. The van der Waals surface area contributed by atoms with Crippen LogP contribution >= 0.6 is 23.2 Å². The lowest BCUT2D eigenvalue weighted by Gasteiger charge is -2.17. The highest BCUT2D eigenvalue weighted by atomic mass is 35.5. The molecule has 0 bridgehead atoms. The molecule has 0 unspecified atom stereocenters. The summed E-state index contributed by atoms with van der Waals surface area (Å²) < 4.78 is 0. The first kappa shape index (κ1) is 15.1. The van der Waals surface area contributed by atoms with Crippen LogP contribution in [0.2, 0.25) is 0 Å². The molecule has 0 rings (SSSR count). The molecule has 0 aromatic carbocycles. The molecule has 0 amide bonds. The molecular formula is C11H19Cl2NO. The van der Waals surface area contributed by atoms with Crippen molar-refractivity contribution in [1.82, 2.24) is 4.90 Å². The van der Waals surface area contributed by atoms with Crippen LogP contribution in [-0.4, -0.2) is 47.0 Å². The second-order valence-corrected chi connectivity index (χ2v) is 4.34. The Morgan fingerprint density at radius 1 is 1.27 bits per heavy atom. The zero-order valence-electron chi connectivity index (χ0n) is 9.39. The Hall–Kier alpha value is 0.0600. The first-order chi connectivity index (χ1) is 7.05. The van der Waals surface area contributed by atoms with E-state index < -0.39 is 5.60 Å². The molecule has 0 radical (unpaired) electrons. The molecule has 0 saturated carbocycles. The normalized spacial score (nSPS) is 14.5. The number of aliphatic hydroxyl groups is 1. The minimum Gasteiger partial charge on any atom is -0.378 e. The molecule has 0 aromatic heterocycles. The fourth-order valence-electron chi connectivity index (χ4n) is 0.939. The summed E-state index contributed by atoms with van der Waals surface area (Å²) in [5.41, 5.74) is -0.881. The Morgan fingerprint density at radius 2 is 1.80 bits per heavy atom. The third-order valence-electron chi connectivity index (χ3n) is 2.15. The first-order valence-electron chi connectivity index (χ1n) is 5.12. The van der Waals surface area contributed by atoms with Gasteiger partial charge in [0.2, 0.25) is 0 Å². The Morgan fingerprint density at radius 3 is 2.20 bits per heavy atom. The predicted octanol–water partition coefficient (Wildman–Crippen LogP) is 1.93. The lowest BCUT2D eigenvalue weighted by Crippen LogP contribution is -2.29. The van der Waals surface area contributed by atoms with Crippen molar-refractivity contribution in [3.8, 4) is 11.8 Å². The van der Waals surface area contributed by atoms with Gasteiger partial charge in [0.15, 0.2) is 0 Å². The first-order valence-corrected chi connectivity index (χ1v) is 6.19. The van der Waals surface area contributed by atoms with E-state index in [0.717, 1.165) is 13.1 Å². The van der Waals surface area contributed by atoms with Crippen molar-refractivity contribution in [3.63, 3.8) is 0 Å². The molecule has 1 N–H and O–H groups in total. The summed E-state index contributed by atoms with van der Waals surface area (Å²) in [6.07, 6.45) is 0.630. The second kappa shape index (κ2) is 8.24. The molecule has 15 heavy (non-hydrogen) atoms. The topological polar surface area (TPSA) is 23.5 Å². The van der Waals surface area contributed by atoms with Crippen LogP contribution in [0, 0.1) is 11.8 Å². The molecule has 0 heterocycles. The number of halogens is 2. The summed E-state index contributed by atoms with van der Waals surface area (Å²) in [5, 5.41) is 9.65. The molecule has 0 aliphatic rings. The van der Waals surface area contributed by atoms with Gasteiger partial charge in [0.1, 0.15) is 5.60 Å². The SMILES string of the molecule is CC[C@@](C)(O)C#CCN(CCCl)CCCl. The van der Waals surface area contributed by atoms with Gasteiger partial charge in [-0.2, -0.15) is 0 Å². The molecule has 0 aliphatic heterocycles. The van der Waals surface area contributed by atoms with Crippen LogP contribution in [0.4, 0.5) is 0 Å². The zero-order valence-corrected chi connectivity index (χ0v) is 10.9. The van der Waals surface area contributed by atoms with E-state index >= 15 is 0 Å². The maximum Gasteiger partial charge on any atom is 0.122 e. The van der Waals surface area contributed by atoms with E-state index in [9.17, 15) is 5.11 Å². The van der Waals surface area contributed by atoms with Crippen LogP contribution in [0.3, 0.4) is 0 Å². The standard InChI is InChI=1S/C11H19Cl2NO/c1-3-11(2,15)5-4-8-14(9-6-12)10-7-13/h15H,3,6-10H2,1-2H3/t11-/m1/s1. The van der Waals surface area contributed by atoms with E-state index in [1.165, 1.54) is 0 Å². The zero-order chi connectivity index (χ0) is 11.7. The van der Waals surface area contributed by atoms with Gasteiger partial charge >= 0.3 is 0 Å². The van der Waals surface area contributed by atoms with E-state index in [1.54, 1.807) is 6.92 Å². The van der Waals surface area contributed by atoms with Crippen LogP contribution in [0.15, 0.2) is 0 Å². The Labute approximate surface area is 103 Å². The summed E-state index contributed by atoms with van der Waals surface area (Å²) in [4.78, 5) is 2.07. The lowest BCUT2D eigenvalue weighted by molar-refractivity contribution is 0.118. The third kappa shape index (κ3) is 7.93. The minimum absolute atomic E-state index is 0.572. The predicted molar refractivity (Wildman–Crippen MR) is 66.6 cm³/mol. The van der Waals surface area contributed by atoms with Crippen LogP contribution < -0.4 is 0 Å². The summed E-state index contributed by atoms with van der Waals surface area (Å²) in [6, 6.07) is 0. The quantitative estimate of drug-likeness (QED) is 0.576. The van der Waals surface area contributed by atoms with Crippen molar-refractivity contribution in [2.75, 3.05) is 31.4 Å². The fourth-order valence-corrected chi connectivity index (χ4v) is 1.42. The van der Waals surface area contributed by atoms with Crippen molar-refractivity contribution >= 4 is 23.2 Å². The Kier molecular flexibility index (Phi) is 8.27. The van der Waals surface area contributed by atoms with Gasteiger partial charge in [-0.25, -0.2) is 0 Å². The summed E-state index contributed by atoms with van der Waals surface area (Å²) in [5.74, 6) is 6.93. The average Bonchev–Trinajstić information content (AvgIpc) is 2.18. The lowest BCUT2D eigenvalue weighted by atomic mass is 10.1. The largest absolute Gasteiger partial charge is 0.378 e. The maximum atomic E-state index is 9.65. The van der Waals surface area contributed by atoms with Crippen LogP contribution in [0.5, 0.6) is 0 Å². The smallest absolute Gasteiger partial charge is 0.122 e. The monoisotopic (exact) mass is 251 g/mol. The van der Waals surface area contributed by atoms with Gasteiger partial charge < -0.3 is 5.11 Å². The van der Waals surface area contributed by atoms with Crippen molar-refractivity contribution in [2.24, 2.45) is 0 Å². The van der Waals surface area contributed by atoms with Crippen molar-refractivity contribution < 1.29 is 5.11 Å². The highest BCUT2D eigenvalue weighted by molar-refractivity contribution is 6.18. The summed E-state index contributed by atoms with van der Waals surface area (Å²) >= 11 is 11.3. The van der Waals surface area contributed by atoms with Crippen molar-refractivity contribution in [2.45, 2.75) is 25.9 Å². The molecule has 88 valence electrons. The Bertz CT molecular complexity index is 214. The summed E-state index contributed by atoms with van der Waals surface area (Å²) in [6.45, 7) is 5.78. The maximum absolute atomic E-state index is 9.65. The van der Waals surface area contributed by atoms with E-state index in [-0.39, 0.29) is 0 Å². The van der Waals surface area contributed by atoms with Crippen LogP contribution in [0.25, 0.3) is 0 Å². The van der Waals surface area contributed by atoms with Gasteiger partial charge in [0, 0.05) is 24.8 Å². The average molecular weight is 252 g/mol. The molecule has 0 saturated heterocycles. The van der Waals surface area contributed by atoms with E-state index in [2.05, 4.69) is 16.7 Å². The molecule has 0 fully saturated rings. The third-order valence-corrected chi connectivity index (χ3v) is 2.49. The second-order valence-electron chi connectivity index (χ2n) is 3.58. The molecule has 0 aliphatic carbocycles. The van der Waals surface area contributed by atoms with Gasteiger partial charge in [-0.1, -0.05) is 18.8 Å². The highest BCUT2D eigenvalue weighted by Gasteiger charge is 2.12. The number of alkyl halides is 2. The van der Waals surface area contributed by atoms with Crippen LogP contribution in [-0.2, 0) is 0 Å². The minimum atomic E-state index is -0.881. The molecular weight excluding hydrogens is 233 g/mol. The number of hydrogen-bond donors (Lipinski definition) is 1. The van der Waals surface area contributed by atoms with Crippen LogP contribution in [0.1, 0.15) is 20.3 Å². The molecule has 1 atom stereocenters. The molecule has 2 nitrogen and oxygen atoms in total. The van der Waals surface area contributed by atoms with E-state index in [4.69, 9.17) is 23.2 Å². The number of hydrogen-bond acceptors (Lipinski definition) is 2. The molecule has 4 heteroatoms. The van der Waals surface area contributed by atoms with Gasteiger partial charge in [0.05, 0.1) is 6.54 Å². The molecule has 0 spiro atoms. The Balaban J connectivity index is 4.07. The van der Waals surface area contributed by atoms with E-state index in [1.807, 2.05) is 6.92 Å². The van der Waals surface area contributed by atoms with Gasteiger partial charge in [-0.15, -0.1) is 23.2 Å². The van der Waals surface area contributed by atoms with Gasteiger partial charge in [0.25, 0.3) is 0 Å².